The van der Waals surface area contributed by atoms with Gasteiger partial charge in [-0.25, -0.2) is 0 Å². The minimum Gasteiger partial charge on any atom is -0.379 e. The van der Waals surface area contributed by atoms with E-state index in [-0.39, 0.29) is 17.5 Å². The van der Waals surface area contributed by atoms with Gasteiger partial charge in [-0.15, -0.1) is 0 Å². The summed E-state index contributed by atoms with van der Waals surface area (Å²) in [6, 6.07) is 9.32. The van der Waals surface area contributed by atoms with Gasteiger partial charge in [0, 0.05) is 31.1 Å². The maximum Gasteiger partial charge on any atom is 0.267 e. The number of benzene rings is 1. The van der Waals surface area contributed by atoms with Crippen LogP contribution in [0.25, 0.3) is 10.8 Å². The Morgan fingerprint density at radius 1 is 1.22 bits per heavy atom. The lowest BCUT2D eigenvalue weighted by atomic mass is 9.92. The van der Waals surface area contributed by atoms with Crippen molar-refractivity contribution in [3.8, 4) is 0 Å². The predicted octanol–water partition coefficient (Wildman–Crippen LogP) is 2.39. The SMILES string of the molecule is CCC(CC)C(CNC(=O)c1cc2ccccc2c(=O)[nH]1)N1CCOCC1. The summed E-state index contributed by atoms with van der Waals surface area (Å²) in [6.45, 7) is 8.23. The molecule has 2 heterocycles. The summed E-state index contributed by atoms with van der Waals surface area (Å²) < 4.78 is 5.48. The molecule has 27 heavy (non-hydrogen) atoms. The largest absolute Gasteiger partial charge is 0.379 e. The van der Waals surface area contributed by atoms with Crippen LogP contribution in [0.5, 0.6) is 0 Å². The van der Waals surface area contributed by atoms with E-state index in [0.29, 0.717) is 23.5 Å². The van der Waals surface area contributed by atoms with Gasteiger partial charge in [0.25, 0.3) is 11.5 Å². The third kappa shape index (κ3) is 4.57. The maximum atomic E-state index is 12.7. The number of hydrogen-bond acceptors (Lipinski definition) is 4. The maximum absolute atomic E-state index is 12.7. The van der Waals surface area contributed by atoms with E-state index >= 15 is 0 Å². The highest BCUT2D eigenvalue weighted by Crippen LogP contribution is 2.20. The lowest BCUT2D eigenvalue weighted by Crippen LogP contribution is -2.52. The minimum atomic E-state index is -0.234. The first-order valence-corrected chi connectivity index (χ1v) is 9.86. The van der Waals surface area contributed by atoms with Crippen molar-refractivity contribution >= 4 is 16.7 Å². The Morgan fingerprint density at radius 3 is 2.63 bits per heavy atom. The van der Waals surface area contributed by atoms with E-state index in [1.54, 1.807) is 12.1 Å². The molecule has 0 spiro atoms. The van der Waals surface area contributed by atoms with Gasteiger partial charge in [0.2, 0.25) is 0 Å². The number of nitrogens with zero attached hydrogens (tertiary/aromatic N) is 1. The number of amides is 1. The van der Waals surface area contributed by atoms with Gasteiger partial charge in [-0.1, -0.05) is 44.9 Å². The molecule has 1 aliphatic rings. The van der Waals surface area contributed by atoms with E-state index in [1.165, 1.54) is 0 Å². The second kappa shape index (κ2) is 9.15. The second-order valence-corrected chi connectivity index (χ2v) is 7.10. The molecule has 2 N–H and O–H groups in total. The zero-order valence-electron chi connectivity index (χ0n) is 16.2. The molecule has 1 fully saturated rings. The van der Waals surface area contributed by atoms with E-state index in [9.17, 15) is 9.59 Å². The van der Waals surface area contributed by atoms with Crippen molar-refractivity contribution in [1.29, 1.82) is 0 Å². The first-order chi connectivity index (χ1) is 13.1. The van der Waals surface area contributed by atoms with Gasteiger partial charge in [0.05, 0.1) is 13.2 Å². The molecule has 146 valence electrons. The van der Waals surface area contributed by atoms with E-state index in [2.05, 4.69) is 29.0 Å². The van der Waals surface area contributed by atoms with Crippen LogP contribution in [0.4, 0.5) is 0 Å². The van der Waals surface area contributed by atoms with Gasteiger partial charge in [0.1, 0.15) is 5.69 Å². The first kappa shape index (κ1) is 19.6. The number of morpholine rings is 1. The van der Waals surface area contributed by atoms with Gasteiger partial charge in [-0.3, -0.25) is 14.5 Å². The molecule has 1 aromatic heterocycles. The number of pyridine rings is 1. The fraction of sp³-hybridized carbons (Fsp3) is 0.524. The molecule has 1 amide bonds. The van der Waals surface area contributed by atoms with Crippen LogP contribution in [0.15, 0.2) is 35.1 Å². The highest BCUT2D eigenvalue weighted by molar-refractivity contribution is 5.96. The number of aromatic nitrogens is 1. The van der Waals surface area contributed by atoms with Crippen molar-refractivity contribution in [2.24, 2.45) is 5.92 Å². The Balaban J connectivity index is 1.74. The van der Waals surface area contributed by atoms with Gasteiger partial charge < -0.3 is 15.0 Å². The monoisotopic (exact) mass is 371 g/mol. The lowest BCUT2D eigenvalue weighted by Gasteiger charge is -2.38. The fourth-order valence-corrected chi connectivity index (χ4v) is 3.96. The van der Waals surface area contributed by atoms with Crippen LogP contribution in [0.3, 0.4) is 0 Å². The summed E-state index contributed by atoms with van der Waals surface area (Å²) in [4.78, 5) is 30.1. The van der Waals surface area contributed by atoms with Gasteiger partial charge >= 0.3 is 0 Å². The molecule has 1 aromatic carbocycles. The van der Waals surface area contributed by atoms with Crippen molar-refractivity contribution in [3.63, 3.8) is 0 Å². The molecular formula is C21H29N3O3. The van der Waals surface area contributed by atoms with E-state index in [0.717, 1.165) is 44.5 Å². The first-order valence-electron chi connectivity index (χ1n) is 9.86. The molecule has 0 bridgehead atoms. The molecule has 1 atom stereocenters. The van der Waals surface area contributed by atoms with E-state index in [1.807, 2.05) is 18.2 Å². The number of carbonyl (C=O) groups excluding carboxylic acids is 1. The summed E-state index contributed by atoms with van der Waals surface area (Å²) in [5.74, 6) is 0.279. The highest BCUT2D eigenvalue weighted by atomic mass is 16.5. The third-order valence-corrected chi connectivity index (χ3v) is 5.58. The second-order valence-electron chi connectivity index (χ2n) is 7.10. The molecule has 1 saturated heterocycles. The summed E-state index contributed by atoms with van der Waals surface area (Å²) in [5.41, 5.74) is 0.0759. The number of nitrogens with one attached hydrogen (secondary N) is 2. The average Bonchev–Trinajstić information content (AvgIpc) is 2.71. The van der Waals surface area contributed by atoms with Crippen LogP contribution in [-0.2, 0) is 4.74 Å². The van der Waals surface area contributed by atoms with Crippen molar-refractivity contribution in [3.05, 3.63) is 46.4 Å². The summed E-state index contributed by atoms with van der Waals surface area (Å²) in [7, 11) is 0. The van der Waals surface area contributed by atoms with Crippen LogP contribution < -0.4 is 10.9 Å². The lowest BCUT2D eigenvalue weighted by molar-refractivity contribution is 0.00190. The normalized spacial score (nSPS) is 16.6. The van der Waals surface area contributed by atoms with Crippen molar-refractivity contribution in [1.82, 2.24) is 15.2 Å². The molecular weight excluding hydrogens is 342 g/mol. The van der Waals surface area contributed by atoms with Crippen molar-refractivity contribution < 1.29 is 9.53 Å². The fourth-order valence-electron chi connectivity index (χ4n) is 3.96. The van der Waals surface area contributed by atoms with Crippen LogP contribution >= 0.6 is 0 Å². The van der Waals surface area contributed by atoms with Crippen molar-refractivity contribution in [2.45, 2.75) is 32.7 Å². The summed E-state index contributed by atoms with van der Waals surface area (Å²) in [6.07, 6.45) is 2.14. The van der Waals surface area contributed by atoms with Crippen LogP contribution in [0.1, 0.15) is 37.2 Å². The summed E-state index contributed by atoms with van der Waals surface area (Å²) in [5, 5.41) is 4.41. The smallest absolute Gasteiger partial charge is 0.267 e. The molecule has 0 radical (unpaired) electrons. The predicted molar refractivity (Wildman–Crippen MR) is 107 cm³/mol. The van der Waals surface area contributed by atoms with Gasteiger partial charge in [-0.05, 0) is 23.4 Å². The Kier molecular flexibility index (Phi) is 6.63. The van der Waals surface area contributed by atoms with Gasteiger partial charge in [-0.2, -0.15) is 0 Å². The Bertz CT molecular complexity index is 823. The van der Waals surface area contributed by atoms with E-state index in [4.69, 9.17) is 4.74 Å². The Morgan fingerprint density at radius 2 is 1.93 bits per heavy atom. The number of hydrogen-bond donors (Lipinski definition) is 2. The summed E-state index contributed by atoms with van der Waals surface area (Å²) >= 11 is 0. The standard InChI is InChI=1S/C21H29N3O3/c1-3-15(4-2)19(24-9-11-27-12-10-24)14-22-21(26)18-13-16-7-5-6-8-17(16)20(25)23-18/h5-8,13,15,19H,3-4,9-12,14H2,1-2H3,(H,22,26)(H,23,25). The molecule has 6 nitrogen and oxygen atoms in total. The third-order valence-electron chi connectivity index (χ3n) is 5.58. The number of aromatic amines is 1. The zero-order chi connectivity index (χ0) is 19.2. The van der Waals surface area contributed by atoms with Crippen LogP contribution in [0.2, 0.25) is 0 Å². The average molecular weight is 371 g/mol. The van der Waals surface area contributed by atoms with E-state index < -0.39 is 0 Å². The number of rotatable bonds is 7. The zero-order valence-corrected chi connectivity index (χ0v) is 16.2. The topological polar surface area (TPSA) is 74.4 Å². The molecule has 3 rings (SSSR count). The molecule has 0 saturated carbocycles. The number of fused-ring (bicyclic) bond motifs is 1. The molecule has 6 heteroatoms. The van der Waals surface area contributed by atoms with Gasteiger partial charge in [0.15, 0.2) is 0 Å². The van der Waals surface area contributed by atoms with Crippen LogP contribution in [-0.4, -0.2) is 54.7 Å². The molecule has 2 aromatic rings. The number of H-pyrrole nitrogens is 1. The molecule has 0 aliphatic carbocycles. The Hall–Kier alpha value is -2.18. The highest BCUT2D eigenvalue weighted by Gasteiger charge is 2.27. The molecule has 1 unspecified atom stereocenters. The quantitative estimate of drug-likeness (QED) is 0.784. The molecule has 1 aliphatic heterocycles. The number of carbonyl (C=O) groups is 1. The van der Waals surface area contributed by atoms with Crippen molar-refractivity contribution in [2.75, 3.05) is 32.8 Å². The number of ether oxygens (including phenoxy) is 1. The minimum absolute atomic E-state index is 0.233. The Labute approximate surface area is 159 Å². The van der Waals surface area contributed by atoms with Crippen LogP contribution in [0, 0.1) is 5.92 Å².